The second-order valence-corrected chi connectivity index (χ2v) is 8.04. The molecule has 5 nitrogen and oxygen atoms in total. The van der Waals surface area contributed by atoms with Crippen LogP contribution in [-0.2, 0) is 16.4 Å². The largest absolute Gasteiger partial charge is 0.352 e. The average molecular weight is 311 g/mol. The summed E-state index contributed by atoms with van der Waals surface area (Å²) in [6, 6.07) is 4.14. The Hall–Kier alpha value is -1.14. The molecule has 6 heteroatoms. The number of sulfone groups is 1. The number of anilines is 1. The van der Waals surface area contributed by atoms with Gasteiger partial charge < -0.3 is 10.2 Å². The number of rotatable bonds is 5. The van der Waals surface area contributed by atoms with Crippen LogP contribution in [0.3, 0.4) is 0 Å². The van der Waals surface area contributed by atoms with Crippen molar-refractivity contribution < 1.29 is 8.42 Å². The molecule has 1 saturated heterocycles. The van der Waals surface area contributed by atoms with Gasteiger partial charge in [-0.15, -0.1) is 0 Å². The fraction of sp³-hybridized carbons (Fsp3) is 0.667. The Morgan fingerprint density at radius 3 is 2.86 bits per heavy atom. The smallest absolute Gasteiger partial charge is 0.154 e. The summed E-state index contributed by atoms with van der Waals surface area (Å²) in [7, 11) is -2.89. The molecule has 0 saturated carbocycles. The molecule has 0 aromatic carbocycles. The predicted molar refractivity (Wildman–Crippen MR) is 86.4 cm³/mol. The highest BCUT2D eigenvalue weighted by Crippen LogP contribution is 2.21. The number of pyridine rings is 1. The van der Waals surface area contributed by atoms with Crippen LogP contribution in [0.2, 0.25) is 0 Å². The van der Waals surface area contributed by atoms with Crippen molar-refractivity contribution in [1.29, 1.82) is 0 Å². The molecule has 0 radical (unpaired) electrons. The number of hydrogen-bond donors (Lipinski definition) is 1. The molecular formula is C15H25N3O2S. The van der Waals surface area contributed by atoms with Crippen molar-refractivity contribution in [2.45, 2.75) is 39.8 Å². The Kier molecular flexibility index (Phi) is 5.22. The van der Waals surface area contributed by atoms with Gasteiger partial charge in [0.2, 0.25) is 0 Å². The van der Waals surface area contributed by atoms with Gasteiger partial charge in [0, 0.05) is 24.8 Å². The van der Waals surface area contributed by atoms with E-state index in [9.17, 15) is 8.42 Å². The molecule has 21 heavy (non-hydrogen) atoms. The van der Waals surface area contributed by atoms with Gasteiger partial charge in [0.15, 0.2) is 9.84 Å². The zero-order valence-corrected chi connectivity index (χ0v) is 13.9. The topological polar surface area (TPSA) is 62.3 Å². The normalized spacial score (nSPS) is 21.5. The zero-order valence-electron chi connectivity index (χ0n) is 13.1. The fourth-order valence-corrected chi connectivity index (χ4v) is 4.28. The van der Waals surface area contributed by atoms with E-state index in [1.54, 1.807) is 0 Å². The van der Waals surface area contributed by atoms with Gasteiger partial charge in [-0.1, -0.05) is 6.92 Å². The molecular weight excluding hydrogens is 286 g/mol. The molecule has 0 bridgehead atoms. The maximum Gasteiger partial charge on any atom is 0.154 e. The summed E-state index contributed by atoms with van der Waals surface area (Å²) in [5.41, 5.74) is 2.17. The lowest BCUT2D eigenvalue weighted by atomic mass is 10.2. The van der Waals surface area contributed by atoms with E-state index in [2.05, 4.69) is 34.3 Å². The van der Waals surface area contributed by atoms with E-state index in [-0.39, 0.29) is 17.5 Å². The first-order chi connectivity index (χ1) is 9.91. The minimum atomic E-state index is -2.89. The molecule has 0 amide bonds. The van der Waals surface area contributed by atoms with Gasteiger partial charge >= 0.3 is 0 Å². The van der Waals surface area contributed by atoms with Crippen molar-refractivity contribution in [1.82, 2.24) is 10.3 Å². The molecule has 2 heterocycles. The molecule has 1 aliphatic rings. The van der Waals surface area contributed by atoms with Crippen LogP contribution in [0.4, 0.5) is 5.82 Å². The van der Waals surface area contributed by atoms with Crippen LogP contribution in [-0.4, -0.2) is 44.0 Å². The molecule has 1 N–H and O–H groups in total. The summed E-state index contributed by atoms with van der Waals surface area (Å²) in [4.78, 5) is 6.70. The maximum absolute atomic E-state index is 11.7. The van der Waals surface area contributed by atoms with Crippen LogP contribution in [0.1, 0.15) is 31.5 Å². The van der Waals surface area contributed by atoms with E-state index >= 15 is 0 Å². The average Bonchev–Trinajstić information content (AvgIpc) is 2.37. The summed E-state index contributed by atoms with van der Waals surface area (Å²) in [6.07, 6.45) is 1.11. The second-order valence-electron chi connectivity index (χ2n) is 5.81. The Morgan fingerprint density at radius 2 is 2.19 bits per heavy atom. The van der Waals surface area contributed by atoms with Crippen molar-refractivity contribution in [3.05, 3.63) is 23.4 Å². The fourth-order valence-electron chi connectivity index (χ4n) is 2.72. The number of aryl methyl sites for hydroxylation is 1. The second kappa shape index (κ2) is 6.75. The predicted octanol–water partition coefficient (Wildman–Crippen LogP) is 1.51. The first kappa shape index (κ1) is 16.2. The van der Waals surface area contributed by atoms with Crippen LogP contribution in [0.5, 0.6) is 0 Å². The van der Waals surface area contributed by atoms with Gasteiger partial charge in [0.1, 0.15) is 5.82 Å². The summed E-state index contributed by atoms with van der Waals surface area (Å²) in [5, 5.41) is 3.39. The van der Waals surface area contributed by atoms with Gasteiger partial charge in [0.05, 0.1) is 11.5 Å². The van der Waals surface area contributed by atoms with Crippen molar-refractivity contribution in [2.75, 3.05) is 29.5 Å². The Bertz CT molecular complexity index is 587. The molecule has 1 fully saturated rings. The highest BCUT2D eigenvalue weighted by atomic mass is 32.2. The maximum atomic E-state index is 11.7. The summed E-state index contributed by atoms with van der Waals surface area (Å²) in [5.74, 6) is 1.33. The van der Waals surface area contributed by atoms with Gasteiger partial charge in [-0.25, -0.2) is 13.4 Å². The van der Waals surface area contributed by atoms with Crippen LogP contribution in [0, 0.1) is 6.92 Å². The third-order valence-corrected chi connectivity index (χ3v) is 5.52. The highest BCUT2D eigenvalue weighted by molar-refractivity contribution is 7.91. The number of nitrogens with one attached hydrogen (secondary N) is 1. The molecule has 1 aromatic rings. The molecule has 1 aromatic heterocycles. The Labute approximate surface area is 127 Å². The lowest BCUT2D eigenvalue weighted by molar-refractivity contribution is 0.566. The number of hydrogen-bond acceptors (Lipinski definition) is 5. The third-order valence-electron chi connectivity index (χ3n) is 3.72. The lowest BCUT2D eigenvalue weighted by Gasteiger charge is -2.34. The van der Waals surface area contributed by atoms with Crippen molar-refractivity contribution in [3.8, 4) is 0 Å². The monoisotopic (exact) mass is 311 g/mol. The van der Waals surface area contributed by atoms with Crippen LogP contribution in [0.15, 0.2) is 12.1 Å². The van der Waals surface area contributed by atoms with E-state index in [1.807, 2.05) is 13.8 Å². The van der Waals surface area contributed by atoms with Crippen molar-refractivity contribution in [2.24, 2.45) is 0 Å². The number of nitrogens with zero attached hydrogens (tertiary/aromatic N) is 2. The van der Waals surface area contributed by atoms with Gasteiger partial charge in [-0.2, -0.15) is 0 Å². The summed E-state index contributed by atoms with van der Waals surface area (Å²) < 4.78 is 23.4. The van der Waals surface area contributed by atoms with Crippen molar-refractivity contribution >= 4 is 15.7 Å². The first-order valence-electron chi connectivity index (χ1n) is 7.56. The Morgan fingerprint density at radius 1 is 1.43 bits per heavy atom. The van der Waals surface area contributed by atoms with Gasteiger partial charge in [-0.3, -0.25) is 0 Å². The Balaban J connectivity index is 2.15. The molecule has 2 rings (SSSR count). The summed E-state index contributed by atoms with van der Waals surface area (Å²) in [6.45, 7) is 8.43. The molecule has 0 spiro atoms. The summed E-state index contributed by atoms with van der Waals surface area (Å²) >= 11 is 0. The standard InChI is InChI=1S/C15H25N3O2S/c1-4-5-16-10-14-8-12(2)17-15(9-14)18-6-7-21(19,20)11-13(18)3/h8-9,13,16H,4-7,10-11H2,1-3H3. The van der Waals surface area contributed by atoms with Crippen LogP contribution >= 0.6 is 0 Å². The van der Waals surface area contributed by atoms with Gasteiger partial charge in [0.25, 0.3) is 0 Å². The van der Waals surface area contributed by atoms with E-state index in [0.29, 0.717) is 6.54 Å². The molecule has 0 aliphatic carbocycles. The van der Waals surface area contributed by atoms with E-state index in [4.69, 9.17) is 0 Å². The lowest BCUT2D eigenvalue weighted by Crippen LogP contribution is -2.47. The first-order valence-corrected chi connectivity index (χ1v) is 9.39. The molecule has 1 atom stereocenters. The number of aromatic nitrogens is 1. The zero-order chi connectivity index (χ0) is 15.5. The molecule has 118 valence electrons. The quantitative estimate of drug-likeness (QED) is 0.835. The van der Waals surface area contributed by atoms with Crippen LogP contribution < -0.4 is 10.2 Å². The van der Waals surface area contributed by atoms with E-state index in [1.165, 1.54) is 5.56 Å². The minimum Gasteiger partial charge on any atom is -0.352 e. The molecule has 1 unspecified atom stereocenters. The van der Waals surface area contributed by atoms with Crippen LogP contribution in [0.25, 0.3) is 0 Å². The highest BCUT2D eigenvalue weighted by Gasteiger charge is 2.29. The minimum absolute atomic E-state index is 0.0190. The molecule has 1 aliphatic heterocycles. The van der Waals surface area contributed by atoms with E-state index < -0.39 is 9.84 Å². The SMILES string of the molecule is CCCNCc1cc(C)nc(N2CCS(=O)(=O)CC2C)c1. The van der Waals surface area contributed by atoms with Crippen molar-refractivity contribution in [3.63, 3.8) is 0 Å². The van der Waals surface area contributed by atoms with E-state index in [0.717, 1.165) is 31.0 Å². The third kappa shape index (κ3) is 4.41. The van der Waals surface area contributed by atoms with Gasteiger partial charge in [-0.05, 0) is 44.5 Å².